The van der Waals surface area contributed by atoms with E-state index in [1.54, 1.807) is 11.3 Å². The highest BCUT2D eigenvalue weighted by atomic mass is 32.1. The van der Waals surface area contributed by atoms with Crippen LogP contribution in [0.15, 0.2) is 29.6 Å². The number of unbranched alkanes of at least 4 members (excludes halogenated alkanes) is 6. The van der Waals surface area contributed by atoms with Crippen molar-refractivity contribution in [1.29, 1.82) is 0 Å². The minimum atomic E-state index is 1.05. The summed E-state index contributed by atoms with van der Waals surface area (Å²) in [7, 11) is 0. The largest absolute Gasteiger partial charge is 0.149 e. The quantitative estimate of drug-likeness (QED) is 0.388. The number of rotatable bonds is 8. The Morgan fingerprint density at radius 3 is 2.48 bits per heavy atom. The summed E-state index contributed by atoms with van der Waals surface area (Å²) < 4.78 is 0. The predicted molar refractivity (Wildman–Crippen MR) is 96.3 cm³/mol. The molecule has 112 valence electrons. The summed E-state index contributed by atoms with van der Waals surface area (Å²) in [6.45, 7) is 2.13. The highest BCUT2D eigenvalue weighted by Gasteiger charge is 1.95. The topological polar surface area (TPSA) is 0 Å². The van der Waals surface area contributed by atoms with Crippen LogP contribution < -0.4 is 0 Å². The minimum Gasteiger partial charge on any atom is -0.149 e. The highest BCUT2D eigenvalue weighted by Crippen LogP contribution is 2.15. The van der Waals surface area contributed by atoms with Gasteiger partial charge in [-0.3, -0.25) is 0 Å². The Morgan fingerprint density at radius 2 is 1.76 bits per heavy atom. The fourth-order valence-corrected chi connectivity index (χ4v) is 3.82. The lowest BCUT2D eigenvalue weighted by molar-refractivity contribution is 0.600. The van der Waals surface area contributed by atoms with Gasteiger partial charge >= 0.3 is 0 Å². The second kappa shape index (κ2) is 9.82. The number of thiophene rings is 2. The van der Waals surface area contributed by atoms with E-state index in [4.69, 9.17) is 0 Å². The molecule has 0 aliphatic carbocycles. The first-order chi connectivity index (χ1) is 10.3. The van der Waals surface area contributed by atoms with Gasteiger partial charge in [-0.25, -0.2) is 0 Å². The molecule has 0 unspecified atom stereocenters. The van der Waals surface area contributed by atoms with Crippen molar-refractivity contribution in [3.63, 3.8) is 0 Å². The maximum absolute atomic E-state index is 3.30. The molecule has 0 aliphatic heterocycles. The summed E-state index contributed by atoms with van der Waals surface area (Å²) in [6, 6.07) is 8.67. The van der Waals surface area contributed by atoms with E-state index < -0.39 is 0 Å². The van der Waals surface area contributed by atoms with Gasteiger partial charge in [-0.05, 0) is 49.8 Å². The SMILES string of the molecule is Cc1ccc(C#CCCCCCCCCc2cccs2)s1. The van der Waals surface area contributed by atoms with E-state index in [9.17, 15) is 0 Å². The van der Waals surface area contributed by atoms with Crippen LogP contribution in [0.5, 0.6) is 0 Å². The molecule has 0 N–H and O–H groups in total. The van der Waals surface area contributed by atoms with Crippen LogP contribution in [0, 0.1) is 18.8 Å². The molecule has 2 rings (SSSR count). The highest BCUT2D eigenvalue weighted by molar-refractivity contribution is 7.12. The van der Waals surface area contributed by atoms with Gasteiger partial charge < -0.3 is 0 Å². The van der Waals surface area contributed by atoms with Gasteiger partial charge in [0, 0.05) is 16.2 Å². The molecule has 2 heteroatoms. The lowest BCUT2D eigenvalue weighted by Crippen LogP contribution is -1.83. The molecule has 0 aliphatic rings. The number of hydrogen-bond donors (Lipinski definition) is 0. The van der Waals surface area contributed by atoms with Gasteiger partial charge in [0.2, 0.25) is 0 Å². The summed E-state index contributed by atoms with van der Waals surface area (Å²) in [5.41, 5.74) is 0. The van der Waals surface area contributed by atoms with Crippen molar-refractivity contribution >= 4 is 22.7 Å². The molecule has 0 spiro atoms. The maximum atomic E-state index is 3.30. The average molecular weight is 317 g/mol. The van der Waals surface area contributed by atoms with Crippen LogP contribution in [0.3, 0.4) is 0 Å². The molecule has 0 amide bonds. The first-order valence-electron chi connectivity index (χ1n) is 7.92. The van der Waals surface area contributed by atoms with Crippen LogP contribution in [0.2, 0.25) is 0 Å². The van der Waals surface area contributed by atoms with Gasteiger partial charge in [0.15, 0.2) is 0 Å². The Morgan fingerprint density at radius 1 is 0.952 bits per heavy atom. The van der Waals surface area contributed by atoms with Crippen molar-refractivity contribution in [1.82, 2.24) is 0 Å². The van der Waals surface area contributed by atoms with Crippen molar-refractivity contribution < 1.29 is 0 Å². The first-order valence-corrected chi connectivity index (χ1v) is 9.62. The molecule has 0 saturated carbocycles. The Bertz CT molecular complexity index is 552. The van der Waals surface area contributed by atoms with Crippen molar-refractivity contribution in [3.8, 4) is 11.8 Å². The molecule has 21 heavy (non-hydrogen) atoms. The molecular weight excluding hydrogens is 292 g/mol. The lowest BCUT2D eigenvalue weighted by atomic mass is 10.1. The van der Waals surface area contributed by atoms with Crippen LogP contribution in [0.1, 0.15) is 59.6 Å². The zero-order valence-electron chi connectivity index (χ0n) is 12.9. The first kappa shape index (κ1) is 16.3. The third kappa shape index (κ3) is 6.98. The Balaban J connectivity index is 1.43. The Kier molecular flexibility index (Phi) is 7.63. The standard InChI is InChI=1S/C19H24S2/c1-17-14-15-19(21-17)12-9-7-5-3-2-4-6-8-11-18-13-10-16-20-18/h10,13-16H,2-8,11H2,1H3. The van der Waals surface area contributed by atoms with Crippen molar-refractivity contribution in [2.45, 2.75) is 58.3 Å². The molecule has 0 radical (unpaired) electrons. The third-order valence-electron chi connectivity index (χ3n) is 3.51. The summed E-state index contributed by atoms with van der Waals surface area (Å²) in [6.07, 6.45) is 10.4. The molecule has 0 fully saturated rings. The second-order valence-corrected chi connectivity index (χ2v) is 7.73. The summed E-state index contributed by atoms with van der Waals surface area (Å²) in [5, 5.41) is 2.17. The minimum absolute atomic E-state index is 1.05. The maximum Gasteiger partial charge on any atom is 0.0771 e. The van der Waals surface area contributed by atoms with E-state index in [1.807, 2.05) is 11.3 Å². The third-order valence-corrected chi connectivity index (χ3v) is 5.36. The second-order valence-electron chi connectivity index (χ2n) is 5.41. The van der Waals surface area contributed by atoms with E-state index in [1.165, 1.54) is 59.6 Å². The molecule has 2 aromatic heterocycles. The molecule has 0 atom stereocenters. The van der Waals surface area contributed by atoms with E-state index in [0.717, 1.165) is 6.42 Å². The fourth-order valence-electron chi connectivity index (χ4n) is 2.33. The van der Waals surface area contributed by atoms with Crippen LogP contribution in [0.4, 0.5) is 0 Å². The van der Waals surface area contributed by atoms with Gasteiger partial charge in [0.25, 0.3) is 0 Å². The van der Waals surface area contributed by atoms with Gasteiger partial charge in [-0.1, -0.05) is 43.6 Å². The zero-order valence-corrected chi connectivity index (χ0v) is 14.5. The van der Waals surface area contributed by atoms with E-state index in [2.05, 4.69) is 48.4 Å². The molecule has 0 aromatic carbocycles. The zero-order chi connectivity index (χ0) is 14.8. The number of hydrogen-bond acceptors (Lipinski definition) is 2. The van der Waals surface area contributed by atoms with E-state index in [-0.39, 0.29) is 0 Å². The predicted octanol–water partition coefficient (Wildman–Crippen LogP) is 6.44. The van der Waals surface area contributed by atoms with Gasteiger partial charge in [0.05, 0.1) is 4.88 Å². The van der Waals surface area contributed by atoms with Gasteiger partial charge in [-0.15, -0.1) is 22.7 Å². The molecular formula is C19H24S2. The monoisotopic (exact) mass is 316 g/mol. The van der Waals surface area contributed by atoms with E-state index in [0.29, 0.717) is 0 Å². The molecule has 0 saturated heterocycles. The molecule has 2 heterocycles. The fraction of sp³-hybridized carbons (Fsp3) is 0.474. The van der Waals surface area contributed by atoms with Crippen LogP contribution in [-0.2, 0) is 6.42 Å². The van der Waals surface area contributed by atoms with E-state index >= 15 is 0 Å². The summed E-state index contributed by atoms with van der Waals surface area (Å²) >= 11 is 3.68. The van der Waals surface area contributed by atoms with Crippen molar-refractivity contribution in [2.24, 2.45) is 0 Å². The number of aryl methyl sites for hydroxylation is 2. The van der Waals surface area contributed by atoms with Crippen LogP contribution in [-0.4, -0.2) is 0 Å². The van der Waals surface area contributed by atoms with Crippen molar-refractivity contribution in [3.05, 3.63) is 44.3 Å². The Hall–Kier alpha value is -1.04. The smallest absolute Gasteiger partial charge is 0.0771 e. The molecule has 0 bridgehead atoms. The lowest BCUT2D eigenvalue weighted by Gasteiger charge is -1.99. The molecule has 0 nitrogen and oxygen atoms in total. The average Bonchev–Trinajstić information content (AvgIpc) is 3.12. The summed E-state index contributed by atoms with van der Waals surface area (Å²) in [5.74, 6) is 6.56. The van der Waals surface area contributed by atoms with Crippen molar-refractivity contribution in [2.75, 3.05) is 0 Å². The van der Waals surface area contributed by atoms with Gasteiger partial charge in [-0.2, -0.15) is 0 Å². The Labute approximate surface area is 137 Å². The van der Waals surface area contributed by atoms with Crippen LogP contribution in [0.25, 0.3) is 0 Å². The van der Waals surface area contributed by atoms with Gasteiger partial charge in [0.1, 0.15) is 0 Å². The summed E-state index contributed by atoms with van der Waals surface area (Å²) in [4.78, 5) is 4.09. The molecule has 2 aromatic rings. The van der Waals surface area contributed by atoms with Crippen LogP contribution >= 0.6 is 22.7 Å². The normalized spacial score (nSPS) is 10.3.